The topological polar surface area (TPSA) is 66.4 Å². The molecule has 0 bridgehead atoms. The molecule has 2 aliphatic rings. The van der Waals surface area contributed by atoms with Gasteiger partial charge in [0, 0.05) is 16.1 Å². The third kappa shape index (κ3) is 4.58. The van der Waals surface area contributed by atoms with Gasteiger partial charge in [-0.15, -0.1) is 0 Å². The molecule has 0 spiro atoms. The normalized spacial score (nSPS) is 19.4. The summed E-state index contributed by atoms with van der Waals surface area (Å²) >= 11 is 6.67. The second-order valence-electron chi connectivity index (χ2n) is 5.15. The molecule has 4 rings (SSSR count). The Morgan fingerprint density at radius 1 is 0.840 bits per heavy atom. The third-order valence-electron chi connectivity index (χ3n) is 3.30. The molecule has 2 unspecified atom stereocenters. The number of rotatable bonds is 3. The maximum Gasteiger partial charge on any atom is 0.264 e. The molecular weight excluding hydrogens is 460 g/mol. The van der Waals surface area contributed by atoms with Gasteiger partial charge in [0.25, 0.3) is 12.6 Å². The first-order valence-corrected chi connectivity index (χ1v) is 9.03. The number of fused-ring (bicyclic) bond motifs is 2. The van der Waals surface area contributed by atoms with Gasteiger partial charge >= 0.3 is 0 Å². The van der Waals surface area contributed by atoms with Crippen LogP contribution >= 0.6 is 31.9 Å². The summed E-state index contributed by atoms with van der Waals surface area (Å²) in [5, 5.41) is 8.75. The Labute approximate surface area is 161 Å². The van der Waals surface area contributed by atoms with Crippen LogP contribution in [-0.2, 0) is 4.74 Å². The van der Waals surface area contributed by atoms with Crippen LogP contribution in [0.4, 0.5) is 0 Å². The molecule has 2 heterocycles. The van der Waals surface area contributed by atoms with Gasteiger partial charge in [0.15, 0.2) is 23.0 Å². The molecule has 2 aromatic rings. The van der Waals surface area contributed by atoms with E-state index in [2.05, 4.69) is 31.9 Å². The zero-order valence-corrected chi connectivity index (χ0v) is 16.4. The number of hydrogen-bond donors (Lipinski definition) is 1. The van der Waals surface area contributed by atoms with Crippen LogP contribution < -0.4 is 18.9 Å². The lowest BCUT2D eigenvalue weighted by molar-refractivity contribution is -0.0173. The number of ether oxygens (including phenoxy) is 5. The summed E-state index contributed by atoms with van der Waals surface area (Å²) in [7, 11) is 1.62. The number of methoxy groups -OCH3 is 1. The van der Waals surface area contributed by atoms with Crippen molar-refractivity contribution in [1.29, 1.82) is 0 Å². The molecule has 0 radical (unpaired) electrons. The van der Waals surface area contributed by atoms with E-state index in [4.69, 9.17) is 28.8 Å². The van der Waals surface area contributed by atoms with Crippen LogP contribution in [0.3, 0.4) is 0 Å². The summed E-state index contributed by atoms with van der Waals surface area (Å²) in [6.07, 6.45) is -0.858. The first-order chi connectivity index (χ1) is 12.1. The van der Waals surface area contributed by atoms with E-state index < -0.39 is 6.29 Å². The fraction of sp³-hybridized carbons (Fsp3) is 0.294. The number of aliphatic hydroxyl groups excluding tert-OH is 1. The Hall–Kier alpha value is -1.48. The Kier molecular flexibility index (Phi) is 6.06. The highest BCUT2D eigenvalue weighted by Gasteiger charge is 2.24. The zero-order chi connectivity index (χ0) is 17.8. The van der Waals surface area contributed by atoms with Crippen LogP contribution in [0.25, 0.3) is 0 Å². The molecule has 2 aromatic carbocycles. The standard InChI is InChI=1S/C9H9BrO3.C8H7BrO3/c1-11-5-9-12-7-3-2-6(10)4-8(7)13-9;9-5-1-2-6-7(3-5)12-8(4-10)11-6/h2-4,9H,5H2,1H3;1-3,8,10H,4H2. The van der Waals surface area contributed by atoms with Crippen molar-refractivity contribution in [2.75, 3.05) is 20.3 Å². The molecule has 0 saturated heterocycles. The maximum absolute atomic E-state index is 8.75. The van der Waals surface area contributed by atoms with Crippen LogP contribution in [0.2, 0.25) is 0 Å². The van der Waals surface area contributed by atoms with Crippen molar-refractivity contribution in [1.82, 2.24) is 0 Å². The molecule has 8 heteroatoms. The predicted molar refractivity (Wildman–Crippen MR) is 97.3 cm³/mol. The van der Waals surface area contributed by atoms with Crippen molar-refractivity contribution < 1.29 is 28.8 Å². The van der Waals surface area contributed by atoms with E-state index in [0.29, 0.717) is 18.1 Å². The van der Waals surface area contributed by atoms with Crippen LogP contribution in [-0.4, -0.2) is 38.0 Å². The van der Waals surface area contributed by atoms with Gasteiger partial charge in [-0.25, -0.2) is 0 Å². The highest BCUT2D eigenvalue weighted by atomic mass is 79.9. The molecule has 25 heavy (non-hydrogen) atoms. The molecule has 1 N–H and O–H groups in total. The van der Waals surface area contributed by atoms with Crippen molar-refractivity contribution in [2.45, 2.75) is 12.6 Å². The summed E-state index contributed by atoms with van der Waals surface area (Å²) < 4.78 is 28.2. The Morgan fingerprint density at radius 3 is 1.84 bits per heavy atom. The van der Waals surface area contributed by atoms with E-state index in [1.165, 1.54) is 0 Å². The summed E-state index contributed by atoms with van der Waals surface area (Å²) in [4.78, 5) is 0. The zero-order valence-electron chi connectivity index (χ0n) is 13.3. The first-order valence-electron chi connectivity index (χ1n) is 7.44. The molecule has 0 saturated carbocycles. The molecule has 0 fully saturated rings. The smallest absolute Gasteiger partial charge is 0.264 e. The van der Waals surface area contributed by atoms with Gasteiger partial charge in [-0.05, 0) is 36.4 Å². The Bertz CT molecular complexity index is 739. The van der Waals surface area contributed by atoms with Gasteiger partial charge in [-0.2, -0.15) is 0 Å². The highest BCUT2D eigenvalue weighted by molar-refractivity contribution is 9.10. The van der Waals surface area contributed by atoms with Crippen LogP contribution in [0.15, 0.2) is 45.3 Å². The second-order valence-corrected chi connectivity index (χ2v) is 6.98. The van der Waals surface area contributed by atoms with Crippen molar-refractivity contribution in [2.24, 2.45) is 0 Å². The lowest BCUT2D eigenvalue weighted by Crippen LogP contribution is -2.23. The molecule has 6 nitrogen and oxygen atoms in total. The van der Waals surface area contributed by atoms with Gasteiger partial charge < -0.3 is 28.8 Å². The Balaban J connectivity index is 0.000000146. The van der Waals surface area contributed by atoms with E-state index in [9.17, 15) is 0 Å². The molecule has 0 aromatic heterocycles. The van der Waals surface area contributed by atoms with Gasteiger partial charge in [0.1, 0.15) is 13.2 Å². The van der Waals surface area contributed by atoms with Gasteiger partial charge in [-0.1, -0.05) is 31.9 Å². The largest absolute Gasteiger partial charge is 0.448 e. The third-order valence-corrected chi connectivity index (χ3v) is 4.28. The lowest BCUT2D eigenvalue weighted by Gasteiger charge is -2.07. The van der Waals surface area contributed by atoms with Crippen LogP contribution in [0, 0.1) is 0 Å². The monoisotopic (exact) mass is 474 g/mol. The van der Waals surface area contributed by atoms with Crippen LogP contribution in [0.5, 0.6) is 23.0 Å². The van der Waals surface area contributed by atoms with E-state index in [0.717, 1.165) is 20.4 Å². The van der Waals surface area contributed by atoms with E-state index >= 15 is 0 Å². The SMILES string of the molecule is COCC1Oc2ccc(Br)cc2O1.OCC1Oc2ccc(Br)cc2O1. The predicted octanol–water partition coefficient (Wildman–Crippen LogP) is 3.73. The van der Waals surface area contributed by atoms with E-state index in [1.54, 1.807) is 13.2 Å². The van der Waals surface area contributed by atoms with Gasteiger partial charge in [0.05, 0.1) is 0 Å². The second kappa shape index (κ2) is 8.27. The summed E-state index contributed by atoms with van der Waals surface area (Å²) in [5.41, 5.74) is 0. The summed E-state index contributed by atoms with van der Waals surface area (Å²) in [6, 6.07) is 11.1. The molecule has 2 atom stereocenters. The fourth-order valence-corrected chi connectivity index (χ4v) is 2.92. The number of benzene rings is 2. The molecule has 134 valence electrons. The first kappa shape index (κ1) is 18.3. The minimum absolute atomic E-state index is 0.133. The minimum atomic E-state index is -0.547. The van der Waals surface area contributed by atoms with Gasteiger partial charge in [-0.3, -0.25) is 0 Å². The molecular formula is C17H16Br2O6. The summed E-state index contributed by atoms with van der Waals surface area (Å²) in [5.74, 6) is 2.88. The molecule has 0 amide bonds. The minimum Gasteiger partial charge on any atom is -0.448 e. The number of hydrogen-bond acceptors (Lipinski definition) is 6. The van der Waals surface area contributed by atoms with Crippen molar-refractivity contribution >= 4 is 31.9 Å². The van der Waals surface area contributed by atoms with Crippen molar-refractivity contribution in [3.05, 3.63) is 45.3 Å². The Morgan fingerprint density at radius 2 is 1.32 bits per heavy atom. The number of halogens is 2. The molecule has 2 aliphatic heterocycles. The average molecular weight is 476 g/mol. The van der Waals surface area contributed by atoms with E-state index in [-0.39, 0.29) is 12.9 Å². The van der Waals surface area contributed by atoms with Gasteiger partial charge in [0.2, 0.25) is 0 Å². The number of aliphatic hydroxyl groups is 1. The van der Waals surface area contributed by atoms with Crippen LogP contribution in [0.1, 0.15) is 0 Å². The highest BCUT2D eigenvalue weighted by Crippen LogP contribution is 2.37. The fourth-order valence-electron chi connectivity index (χ4n) is 2.24. The lowest BCUT2D eigenvalue weighted by atomic mass is 10.3. The average Bonchev–Trinajstić information content (AvgIpc) is 3.17. The van der Waals surface area contributed by atoms with E-state index in [1.807, 2.05) is 30.3 Å². The quantitative estimate of drug-likeness (QED) is 0.729. The molecule has 0 aliphatic carbocycles. The maximum atomic E-state index is 8.75. The van der Waals surface area contributed by atoms with Crippen molar-refractivity contribution in [3.63, 3.8) is 0 Å². The van der Waals surface area contributed by atoms with Crippen molar-refractivity contribution in [3.8, 4) is 23.0 Å². The summed E-state index contributed by atoms with van der Waals surface area (Å²) in [6.45, 7) is 0.304.